The van der Waals surface area contributed by atoms with Gasteiger partial charge in [-0.3, -0.25) is 4.79 Å². The molecule has 2 heterocycles. The van der Waals surface area contributed by atoms with Crippen LogP contribution in [0.5, 0.6) is 0 Å². The highest BCUT2D eigenvalue weighted by Crippen LogP contribution is 2.10. The van der Waals surface area contributed by atoms with Crippen molar-refractivity contribution < 1.29 is 4.79 Å². The molecule has 0 aliphatic heterocycles. The van der Waals surface area contributed by atoms with Crippen molar-refractivity contribution in [3.63, 3.8) is 0 Å². The highest BCUT2D eigenvalue weighted by atomic mass is 35.5. The summed E-state index contributed by atoms with van der Waals surface area (Å²) in [5.41, 5.74) is 1.23. The summed E-state index contributed by atoms with van der Waals surface area (Å²) in [5, 5.41) is 5.84. The molecule has 0 aliphatic carbocycles. The number of thiazole rings is 1. The number of hydrogen-bond acceptors (Lipinski definition) is 4. The Kier molecular flexibility index (Phi) is 3.71. The molecule has 17 heavy (non-hydrogen) atoms. The van der Waals surface area contributed by atoms with Gasteiger partial charge < -0.3 is 5.32 Å². The third kappa shape index (κ3) is 3.25. The third-order valence-electron chi connectivity index (χ3n) is 2.07. The van der Waals surface area contributed by atoms with Crippen LogP contribution in [-0.2, 0) is 6.54 Å². The Morgan fingerprint density at radius 3 is 3.00 bits per heavy atom. The third-order valence-corrected chi connectivity index (χ3v) is 3.04. The Bertz CT molecular complexity index is 507. The topological polar surface area (TPSA) is 54.9 Å². The normalized spacial score (nSPS) is 10.2. The lowest BCUT2D eigenvalue weighted by Crippen LogP contribution is -2.22. The van der Waals surface area contributed by atoms with Gasteiger partial charge in [0.1, 0.15) is 10.2 Å². The number of aromatic nitrogens is 2. The second-order valence-electron chi connectivity index (χ2n) is 3.43. The molecule has 0 saturated heterocycles. The molecule has 0 saturated carbocycles. The average Bonchev–Trinajstić information content (AvgIpc) is 2.77. The smallest absolute Gasteiger partial charge is 0.251 e. The summed E-state index contributed by atoms with van der Waals surface area (Å²) < 4.78 is 0. The maximum atomic E-state index is 11.8. The monoisotopic (exact) mass is 267 g/mol. The zero-order valence-corrected chi connectivity index (χ0v) is 10.7. The molecule has 88 valence electrons. The van der Waals surface area contributed by atoms with Gasteiger partial charge >= 0.3 is 0 Å². The molecular formula is C11H10ClN3OS. The maximum absolute atomic E-state index is 11.8. The van der Waals surface area contributed by atoms with Crippen molar-refractivity contribution in [2.45, 2.75) is 13.5 Å². The van der Waals surface area contributed by atoms with E-state index in [1.54, 1.807) is 25.3 Å². The summed E-state index contributed by atoms with van der Waals surface area (Å²) in [6, 6.07) is 3.24. The summed E-state index contributed by atoms with van der Waals surface area (Å²) >= 11 is 7.29. The number of nitrogens with zero attached hydrogens (tertiary/aromatic N) is 2. The lowest BCUT2D eigenvalue weighted by atomic mass is 10.2. The van der Waals surface area contributed by atoms with Gasteiger partial charge in [-0.15, -0.1) is 11.3 Å². The van der Waals surface area contributed by atoms with E-state index in [0.29, 0.717) is 17.3 Å². The molecule has 0 atom stereocenters. The highest BCUT2D eigenvalue weighted by Gasteiger charge is 2.08. The molecule has 0 spiro atoms. The predicted octanol–water partition coefficient (Wildman–Crippen LogP) is 2.43. The number of carbonyl (C=O) groups is 1. The van der Waals surface area contributed by atoms with Crippen LogP contribution in [0, 0.1) is 6.92 Å². The summed E-state index contributed by atoms with van der Waals surface area (Å²) in [7, 11) is 0. The SMILES string of the molecule is Cc1cc(C(=O)NCc2nccs2)cc(Cl)n1. The quantitative estimate of drug-likeness (QED) is 0.869. The van der Waals surface area contributed by atoms with E-state index in [1.165, 1.54) is 11.3 Å². The average molecular weight is 268 g/mol. The lowest BCUT2D eigenvalue weighted by Gasteiger charge is -2.04. The van der Waals surface area contributed by atoms with E-state index in [9.17, 15) is 4.79 Å². The lowest BCUT2D eigenvalue weighted by molar-refractivity contribution is 0.0950. The molecule has 0 fully saturated rings. The van der Waals surface area contributed by atoms with Crippen LogP contribution in [0.3, 0.4) is 0 Å². The molecule has 1 amide bonds. The zero-order valence-electron chi connectivity index (χ0n) is 9.11. The molecule has 4 nitrogen and oxygen atoms in total. The van der Waals surface area contributed by atoms with Gasteiger partial charge in [-0.2, -0.15) is 0 Å². The van der Waals surface area contributed by atoms with Crippen LogP contribution in [0.15, 0.2) is 23.7 Å². The number of rotatable bonds is 3. The minimum absolute atomic E-state index is 0.174. The van der Waals surface area contributed by atoms with Gasteiger partial charge in [-0.05, 0) is 19.1 Å². The summed E-state index contributed by atoms with van der Waals surface area (Å²) in [4.78, 5) is 19.9. The molecule has 6 heteroatoms. The van der Waals surface area contributed by atoms with E-state index in [-0.39, 0.29) is 5.91 Å². The Labute approximate surface area is 108 Å². The van der Waals surface area contributed by atoms with E-state index in [0.717, 1.165) is 10.7 Å². The number of halogens is 1. The molecule has 1 N–H and O–H groups in total. The number of aryl methyl sites for hydroxylation is 1. The van der Waals surface area contributed by atoms with Crippen LogP contribution in [0.2, 0.25) is 5.15 Å². The molecule has 0 unspecified atom stereocenters. The molecule has 0 bridgehead atoms. The van der Waals surface area contributed by atoms with Gasteiger partial charge in [-0.25, -0.2) is 9.97 Å². The molecule has 2 aromatic rings. The van der Waals surface area contributed by atoms with Gasteiger partial charge in [0.25, 0.3) is 5.91 Å². The molecule has 0 aliphatic rings. The second-order valence-corrected chi connectivity index (χ2v) is 4.79. The van der Waals surface area contributed by atoms with Crippen molar-refractivity contribution in [2.24, 2.45) is 0 Å². The maximum Gasteiger partial charge on any atom is 0.251 e. The second kappa shape index (κ2) is 5.25. The first kappa shape index (κ1) is 12.0. The van der Waals surface area contributed by atoms with Gasteiger partial charge in [0.15, 0.2) is 0 Å². The zero-order chi connectivity index (χ0) is 12.3. The number of amides is 1. The Hall–Kier alpha value is -1.46. The van der Waals surface area contributed by atoms with Crippen LogP contribution in [-0.4, -0.2) is 15.9 Å². The largest absolute Gasteiger partial charge is 0.346 e. The molecule has 2 aromatic heterocycles. The van der Waals surface area contributed by atoms with Crippen molar-refractivity contribution in [1.82, 2.24) is 15.3 Å². The van der Waals surface area contributed by atoms with Gasteiger partial charge in [-0.1, -0.05) is 11.6 Å². The van der Waals surface area contributed by atoms with Crippen molar-refractivity contribution in [1.29, 1.82) is 0 Å². The van der Waals surface area contributed by atoms with E-state index in [1.807, 2.05) is 5.38 Å². The molecule has 0 radical (unpaired) electrons. The van der Waals surface area contributed by atoms with Crippen molar-refractivity contribution in [3.05, 3.63) is 45.1 Å². The summed E-state index contributed by atoms with van der Waals surface area (Å²) in [6.07, 6.45) is 1.71. The summed E-state index contributed by atoms with van der Waals surface area (Å²) in [6.45, 7) is 2.22. The van der Waals surface area contributed by atoms with Gasteiger partial charge in [0, 0.05) is 22.8 Å². The minimum atomic E-state index is -0.174. The molecule has 0 aromatic carbocycles. The fourth-order valence-corrected chi connectivity index (χ4v) is 2.16. The van der Waals surface area contributed by atoms with Crippen molar-refractivity contribution in [3.8, 4) is 0 Å². The fraction of sp³-hybridized carbons (Fsp3) is 0.182. The first-order chi connectivity index (χ1) is 8.15. The van der Waals surface area contributed by atoms with Crippen LogP contribution < -0.4 is 5.32 Å². The number of pyridine rings is 1. The summed E-state index contributed by atoms with van der Waals surface area (Å²) in [5.74, 6) is -0.174. The van der Waals surface area contributed by atoms with Crippen LogP contribution >= 0.6 is 22.9 Å². The molecule has 2 rings (SSSR count). The Morgan fingerprint density at radius 1 is 1.53 bits per heavy atom. The number of nitrogens with one attached hydrogen (secondary N) is 1. The van der Waals surface area contributed by atoms with E-state index in [2.05, 4.69) is 15.3 Å². The number of carbonyl (C=O) groups excluding carboxylic acids is 1. The van der Waals surface area contributed by atoms with Gasteiger partial charge in [0.05, 0.1) is 6.54 Å². The first-order valence-electron chi connectivity index (χ1n) is 4.96. The minimum Gasteiger partial charge on any atom is -0.346 e. The van der Waals surface area contributed by atoms with Crippen LogP contribution in [0.4, 0.5) is 0 Å². The van der Waals surface area contributed by atoms with Crippen LogP contribution in [0.25, 0.3) is 0 Å². The first-order valence-corrected chi connectivity index (χ1v) is 6.21. The molecular weight excluding hydrogens is 258 g/mol. The highest BCUT2D eigenvalue weighted by molar-refractivity contribution is 7.09. The van der Waals surface area contributed by atoms with E-state index in [4.69, 9.17) is 11.6 Å². The Balaban J connectivity index is 2.04. The van der Waals surface area contributed by atoms with E-state index >= 15 is 0 Å². The fourth-order valence-electron chi connectivity index (χ4n) is 1.36. The predicted molar refractivity (Wildman–Crippen MR) is 67.3 cm³/mol. The van der Waals surface area contributed by atoms with Gasteiger partial charge in [0.2, 0.25) is 0 Å². The standard InChI is InChI=1S/C11H10ClN3OS/c1-7-4-8(5-9(12)15-7)11(16)14-6-10-13-2-3-17-10/h2-5H,6H2,1H3,(H,14,16). The number of hydrogen-bond donors (Lipinski definition) is 1. The van der Waals surface area contributed by atoms with E-state index < -0.39 is 0 Å². The van der Waals surface area contributed by atoms with Crippen molar-refractivity contribution >= 4 is 28.8 Å². The van der Waals surface area contributed by atoms with Crippen molar-refractivity contribution in [2.75, 3.05) is 0 Å². The van der Waals surface area contributed by atoms with Crippen LogP contribution in [0.1, 0.15) is 21.1 Å². The Morgan fingerprint density at radius 2 is 2.35 bits per heavy atom.